The van der Waals surface area contributed by atoms with E-state index in [1.807, 2.05) is 39.8 Å². The number of halogens is 2. The monoisotopic (exact) mass is 923 g/mol. The summed E-state index contributed by atoms with van der Waals surface area (Å²) in [6.07, 6.45) is 2.42. The van der Waals surface area contributed by atoms with Crippen molar-refractivity contribution in [2.75, 3.05) is 32.2 Å². The van der Waals surface area contributed by atoms with Crippen molar-refractivity contribution >= 4 is 51.8 Å². The van der Waals surface area contributed by atoms with Crippen LogP contribution in [0.2, 0.25) is 0 Å². The lowest BCUT2D eigenvalue weighted by molar-refractivity contribution is -0.136. The molecule has 0 unspecified atom stereocenters. The van der Waals surface area contributed by atoms with Crippen LogP contribution in [-0.2, 0) is 24.5 Å². The lowest BCUT2D eigenvalue weighted by Gasteiger charge is -2.34. The number of hydrogen-bond acceptors (Lipinski definition) is 9. The van der Waals surface area contributed by atoms with Gasteiger partial charge in [-0.1, -0.05) is 60.6 Å². The van der Waals surface area contributed by atoms with Gasteiger partial charge < -0.3 is 44.8 Å². The van der Waals surface area contributed by atoms with Crippen LogP contribution >= 0.6 is 0 Å². The van der Waals surface area contributed by atoms with Gasteiger partial charge in [-0.15, -0.1) is 0 Å². The quantitative estimate of drug-likeness (QED) is 0.101. The van der Waals surface area contributed by atoms with E-state index in [0.29, 0.717) is 83.6 Å². The maximum atomic E-state index is 16.7. The molecule has 0 saturated carbocycles. The number of ether oxygens (including phenoxy) is 2. The Balaban J connectivity index is 1.12. The number of carbonyl (C=O) groups is 4. The highest BCUT2D eigenvalue weighted by atomic mass is 19.1. The summed E-state index contributed by atoms with van der Waals surface area (Å²) in [5, 5.41) is 5.36. The molecule has 0 bridgehead atoms. The normalized spacial score (nSPS) is 20.9. The Morgan fingerprint density at radius 3 is 1.45 bits per heavy atom. The van der Waals surface area contributed by atoms with Crippen molar-refractivity contribution in [2.24, 2.45) is 11.8 Å². The molecule has 67 heavy (non-hydrogen) atoms. The molecule has 4 amide bonds. The van der Waals surface area contributed by atoms with Gasteiger partial charge in [0.25, 0.3) is 0 Å². The summed E-state index contributed by atoms with van der Waals surface area (Å²) in [7, 11) is 2.52. The van der Waals surface area contributed by atoms with Gasteiger partial charge in [0.15, 0.2) is 0 Å². The largest absolute Gasteiger partial charge is 0.453 e. The van der Waals surface area contributed by atoms with E-state index < -0.39 is 60.1 Å². The van der Waals surface area contributed by atoms with Crippen molar-refractivity contribution in [3.8, 4) is 0 Å². The Labute approximate surface area is 389 Å². The van der Waals surface area contributed by atoms with E-state index in [-0.39, 0.29) is 29.1 Å². The zero-order valence-electron chi connectivity index (χ0n) is 39.8. The predicted octanol–water partition coefficient (Wildman–Crippen LogP) is 9.19. The van der Waals surface area contributed by atoms with Gasteiger partial charge in [-0.2, -0.15) is 0 Å². The summed E-state index contributed by atoms with van der Waals surface area (Å²) >= 11 is 0. The number of imidazole rings is 2. The molecule has 0 spiro atoms. The fraction of sp³-hybridized carbons (Fsp3) is 0.520. The first-order chi connectivity index (χ1) is 31.9. The maximum Gasteiger partial charge on any atom is 0.407 e. The first-order valence-electron chi connectivity index (χ1n) is 23.4. The van der Waals surface area contributed by atoms with E-state index in [0.717, 1.165) is 24.1 Å². The first kappa shape index (κ1) is 47.2. The van der Waals surface area contributed by atoms with Crippen LogP contribution in [-0.4, -0.2) is 93.1 Å². The highest BCUT2D eigenvalue weighted by Crippen LogP contribution is 2.49. The van der Waals surface area contributed by atoms with Gasteiger partial charge >= 0.3 is 12.2 Å². The molecule has 6 atom stereocenters. The molecule has 5 heterocycles. The van der Waals surface area contributed by atoms with Gasteiger partial charge in [0, 0.05) is 42.0 Å². The van der Waals surface area contributed by atoms with Crippen molar-refractivity contribution in [1.29, 1.82) is 0 Å². The number of alkyl carbamates (subject to hydrolysis) is 2. The minimum Gasteiger partial charge on any atom is -0.453 e. The van der Waals surface area contributed by atoms with Crippen LogP contribution < -0.4 is 15.5 Å². The molecule has 2 aromatic heterocycles. The predicted molar refractivity (Wildman–Crippen MR) is 250 cm³/mol. The third-order valence-electron chi connectivity index (χ3n) is 13.9. The number of methoxy groups -OCH3 is 2. The first-order valence-corrected chi connectivity index (χ1v) is 23.4. The molecule has 8 rings (SSSR count). The number of aromatic amines is 2. The van der Waals surface area contributed by atoms with Crippen LogP contribution in [0.3, 0.4) is 0 Å². The van der Waals surface area contributed by atoms with Crippen molar-refractivity contribution in [2.45, 2.75) is 129 Å². The maximum absolute atomic E-state index is 16.7. The smallest absolute Gasteiger partial charge is 0.407 e. The van der Waals surface area contributed by atoms with Crippen LogP contribution in [0.1, 0.15) is 139 Å². The SMILES string of the molecule is COC(=O)N[C@H](C(=O)N1CCC[C@H]1c1nc2cc(F)c([C@H]3CC[C@H](c4cc5[nH]c([C@@H]6CCCN6C(=O)[C@H](NC(=O)OC)C(C)C)nc5cc4F)N3c3ccc(C(C)(C)C)cc3)cc2[nH]1)C(C)C. The Bertz CT molecular complexity index is 2510. The third-order valence-corrected chi connectivity index (χ3v) is 13.9. The second-order valence-electron chi connectivity index (χ2n) is 19.9. The fourth-order valence-corrected chi connectivity index (χ4v) is 10.3. The summed E-state index contributed by atoms with van der Waals surface area (Å²) in [4.78, 5) is 74.1. The van der Waals surface area contributed by atoms with Crippen molar-refractivity contribution in [3.05, 3.63) is 88.5 Å². The van der Waals surface area contributed by atoms with Crippen molar-refractivity contribution < 1.29 is 37.4 Å². The molecular weight excluding hydrogens is 861 g/mol. The lowest BCUT2D eigenvalue weighted by atomic mass is 9.87. The minimum absolute atomic E-state index is 0.118. The molecule has 3 aliphatic rings. The van der Waals surface area contributed by atoms with Crippen LogP contribution in [0.15, 0.2) is 48.5 Å². The standard InChI is InChI=1S/C50H63F2N9O6/c1-26(2)42(57-48(64)66-8)46(62)59-20-10-12-40(59)44-53-34-22-30(32(51)24-36(34)55-44)38-18-19-39(61(38)29-16-14-28(15-17-29)50(5,6)7)31-23-35-37(25-33(31)52)56-45(54-35)41-13-11-21-60(41)47(63)43(27(3)4)58-49(65)67-9/h14-17,22-27,38-43H,10-13,18-21H2,1-9H3,(H,53,55)(H,54,56)(H,57,64)(H,58,65)/t38-,39-,40+,41+,42-,43+/m1/s1. The molecule has 3 fully saturated rings. The summed E-state index contributed by atoms with van der Waals surface area (Å²) in [6, 6.07) is 11.3. The summed E-state index contributed by atoms with van der Waals surface area (Å²) in [5.74, 6) is -0.687. The van der Waals surface area contributed by atoms with Gasteiger partial charge in [0.2, 0.25) is 11.8 Å². The number of benzene rings is 3. The molecule has 15 nitrogen and oxygen atoms in total. The molecule has 0 radical (unpaired) electrons. The number of aromatic nitrogens is 4. The van der Waals surface area contributed by atoms with Crippen LogP contribution in [0.25, 0.3) is 22.1 Å². The number of anilines is 1. The van der Waals surface area contributed by atoms with Gasteiger partial charge in [-0.3, -0.25) is 9.59 Å². The number of nitrogens with zero attached hydrogens (tertiary/aromatic N) is 5. The van der Waals surface area contributed by atoms with Crippen LogP contribution in [0, 0.1) is 23.5 Å². The number of amides is 4. The summed E-state index contributed by atoms with van der Waals surface area (Å²) in [6.45, 7) is 14.8. The Kier molecular flexibility index (Phi) is 13.2. The highest BCUT2D eigenvalue weighted by Gasteiger charge is 2.42. The molecular formula is C50H63F2N9O6. The molecule has 3 saturated heterocycles. The molecule has 3 aromatic carbocycles. The zero-order valence-corrected chi connectivity index (χ0v) is 39.8. The second-order valence-corrected chi connectivity index (χ2v) is 19.9. The average Bonchev–Trinajstić information content (AvgIpc) is 4.15. The van der Waals surface area contributed by atoms with E-state index in [4.69, 9.17) is 19.4 Å². The fourth-order valence-electron chi connectivity index (χ4n) is 10.3. The number of hydrogen-bond donors (Lipinski definition) is 4. The summed E-state index contributed by atoms with van der Waals surface area (Å²) < 4.78 is 43.0. The average molecular weight is 924 g/mol. The van der Waals surface area contributed by atoms with E-state index in [1.165, 1.54) is 26.4 Å². The van der Waals surface area contributed by atoms with Gasteiger partial charge in [-0.05, 0) is 85.6 Å². The molecule has 5 aromatic rings. The Morgan fingerprint density at radius 2 is 1.07 bits per heavy atom. The van der Waals surface area contributed by atoms with E-state index in [1.54, 1.807) is 21.9 Å². The van der Waals surface area contributed by atoms with Crippen molar-refractivity contribution in [1.82, 2.24) is 40.4 Å². The molecule has 358 valence electrons. The number of rotatable bonds is 11. The van der Waals surface area contributed by atoms with Crippen LogP contribution in [0.4, 0.5) is 24.1 Å². The number of likely N-dealkylation sites (tertiary alicyclic amines) is 2. The van der Waals surface area contributed by atoms with Crippen molar-refractivity contribution in [3.63, 3.8) is 0 Å². The molecule has 0 aliphatic carbocycles. The second kappa shape index (κ2) is 18.8. The number of nitrogens with one attached hydrogen (secondary N) is 4. The molecule has 4 N–H and O–H groups in total. The van der Waals surface area contributed by atoms with E-state index in [2.05, 4.69) is 58.4 Å². The van der Waals surface area contributed by atoms with E-state index >= 15 is 8.78 Å². The Hall–Kier alpha value is -6.26. The number of fused-ring (bicyclic) bond motifs is 2. The number of H-pyrrole nitrogens is 2. The van der Waals surface area contributed by atoms with Gasteiger partial charge in [-0.25, -0.2) is 28.3 Å². The lowest BCUT2D eigenvalue weighted by Crippen LogP contribution is -2.51. The van der Waals surface area contributed by atoms with Gasteiger partial charge in [0.05, 0.1) is 60.5 Å². The van der Waals surface area contributed by atoms with E-state index in [9.17, 15) is 19.2 Å². The molecule has 17 heteroatoms. The topological polar surface area (TPSA) is 178 Å². The summed E-state index contributed by atoms with van der Waals surface area (Å²) in [5.41, 5.74) is 4.77. The third kappa shape index (κ3) is 9.25. The van der Waals surface area contributed by atoms with Crippen LogP contribution in [0.5, 0.6) is 0 Å². The zero-order chi connectivity index (χ0) is 48.1. The molecule has 3 aliphatic heterocycles. The minimum atomic E-state index is -0.796. The highest BCUT2D eigenvalue weighted by molar-refractivity contribution is 5.88. The Morgan fingerprint density at radius 1 is 0.657 bits per heavy atom. The van der Waals surface area contributed by atoms with Gasteiger partial charge in [0.1, 0.15) is 35.4 Å². The number of carbonyl (C=O) groups excluding carboxylic acids is 4.